The molecule has 1 aromatic heterocycles. The summed E-state index contributed by atoms with van der Waals surface area (Å²) in [5, 5.41) is 8.99. The summed E-state index contributed by atoms with van der Waals surface area (Å²) in [6, 6.07) is 13.2. The maximum absolute atomic E-state index is 11.0. The van der Waals surface area contributed by atoms with Crippen LogP contribution in [0.1, 0.15) is 10.4 Å². The van der Waals surface area contributed by atoms with Crippen molar-refractivity contribution in [1.82, 2.24) is 4.98 Å². The minimum atomic E-state index is -0.937. The number of fused-ring (bicyclic) bond motifs is 1. The Bertz CT molecular complexity index is 768. The first-order valence-corrected chi connectivity index (χ1v) is 8.12. The second-order valence-electron chi connectivity index (χ2n) is 4.00. The number of carbonyl (C=O) groups is 1. The van der Waals surface area contributed by atoms with Crippen molar-refractivity contribution >= 4 is 55.2 Å². The highest BCUT2D eigenvalue weighted by atomic mass is 79.9. The zero-order chi connectivity index (χ0) is 14.1. The molecule has 6 heteroatoms. The van der Waals surface area contributed by atoms with Crippen LogP contribution in [0.25, 0.3) is 10.2 Å². The van der Waals surface area contributed by atoms with Crippen LogP contribution >= 0.6 is 39.0 Å². The number of carboxylic acids is 1. The number of nitrogens with zero attached hydrogens (tertiary/aromatic N) is 1. The molecule has 0 atom stereocenters. The van der Waals surface area contributed by atoms with E-state index in [0.717, 1.165) is 19.5 Å². The van der Waals surface area contributed by atoms with Gasteiger partial charge in [0.15, 0.2) is 4.34 Å². The molecule has 100 valence electrons. The van der Waals surface area contributed by atoms with Gasteiger partial charge in [-0.25, -0.2) is 9.78 Å². The second-order valence-corrected chi connectivity index (χ2v) is 7.20. The van der Waals surface area contributed by atoms with E-state index in [2.05, 4.69) is 20.9 Å². The smallest absolute Gasteiger partial charge is 0.336 e. The van der Waals surface area contributed by atoms with Crippen molar-refractivity contribution in [3.05, 3.63) is 52.5 Å². The summed E-state index contributed by atoms with van der Waals surface area (Å²) < 4.78 is 2.67. The van der Waals surface area contributed by atoms with E-state index in [1.54, 1.807) is 29.5 Å². The number of halogens is 1. The van der Waals surface area contributed by atoms with Gasteiger partial charge in [-0.1, -0.05) is 23.9 Å². The quantitative estimate of drug-likeness (QED) is 0.716. The number of rotatable bonds is 3. The van der Waals surface area contributed by atoms with Crippen LogP contribution < -0.4 is 0 Å². The summed E-state index contributed by atoms with van der Waals surface area (Å²) in [5.41, 5.74) is 1.25. The Morgan fingerprint density at radius 1 is 1.25 bits per heavy atom. The molecular formula is C14H8BrNO2S2. The molecule has 0 unspecified atom stereocenters. The van der Waals surface area contributed by atoms with Gasteiger partial charge in [0.1, 0.15) is 0 Å². The second kappa shape index (κ2) is 5.55. The molecule has 0 radical (unpaired) electrons. The van der Waals surface area contributed by atoms with E-state index in [4.69, 9.17) is 5.11 Å². The van der Waals surface area contributed by atoms with Crippen molar-refractivity contribution < 1.29 is 9.90 Å². The molecular weight excluding hydrogens is 358 g/mol. The maximum Gasteiger partial charge on any atom is 0.336 e. The standard InChI is InChI=1S/C14H8BrNO2S2/c15-10-7-8(5-6-9(10)13(17)18)19-14-16-11-3-1-2-4-12(11)20-14/h1-7H,(H,17,18). The molecule has 0 bridgehead atoms. The van der Waals surface area contributed by atoms with E-state index in [1.807, 2.05) is 24.3 Å². The largest absolute Gasteiger partial charge is 0.478 e. The Labute approximate surface area is 131 Å². The molecule has 0 aliphatic carbocycles. The van der Waals surface area contributed by atoms with Gasteiger partial charge in [-0.3, -0.25) is 0 Å². The number of aromatic nitrogens is 1. The van der Waals surface area contributed by atoms with Gasteiger partial charge in [0.25, 0.3) is 0 Å². The summed E-state index contributed by atoms with van der Waals surface area (Å²) in [4.78, 5) is 16.5. The van der Waals surface area contributed by atoms with Crippen molar-refractivity contribution in [1.29, 1.82) is 0 Å². The number of aromatic carboxylic acids is 1. The molecule has 0 aliphatic rings. The van der Waals surface area contributed by atoms with E-state index < -0.39 is 5.97 Å². The van der Waals surface area contributed by atoms with Gasteiger partial charge in [0.05, 0.1) is 15.8 Å². The van der Waals surface area contributed by atoms with E-state index in [1.165, 1.54) is 11.8 Å². The Hall–Kier alpha value is -1.37. The van der Waals surface area contributed by atoms with Gasteiger partial charge in [-0.05, 0) is 46.3 Å². The molecule has 20 heavy (non-hydrogen) atoms. The topological polar surface area (TPSA) is 50.2 Å². The first kappa shape index (κ1) is 13.6. The molecule has 1 heterocycles. The molecule has 1 N–H and O–H groups in total. The summed E-state index contributed by atoms with van der Waals surface area (Å²) in [6.45, 7) is 0. The van der Waals surface area contributed by atoms with Gasteiger partial charge in [-0.15, -0.1) is 11.3 Å². The van der Waals surface area contributed by atoms with Crippen molar-refractivity contribution in [2.75, 3.05) is 0 Å². The molecule has 2 aromatic carbocycles. The number of hydrogen-bond donors (Lipinski definition) is 1. The molecule has 0 saturated heterocycles. The van der Waals surface area contributed by atoms with Crippen LogP contribution in [0.4, 0.5) is 0 Å². The van der Waals surface area contributed by atoms with Crippen molar-refractivity contribution in [3.63, 3.8) is 0 Å². The predicted molar refractivity (Wildman–Crippen MR) is 84.8 cm³/mol. The lowest BCUT2D eigenvalue weighted by molar-refractivity contribution is 0.0696. The van der Waals surface area contributed by atoms with E-state index in [0.29, 0.717) is 4.47 Å². The minimum Gasteiger partial charge on any atom is -0.478 e. The average Bonchev–Trinajstić information content (AvgIpc) is 2.80. The molecule has 0 amide bonds. The number of hydrogen-bond acceptors (Lipinski definition) is 4. The lowest BCUT2D eigenvalue weighted by Crippen LogP contribution is -1.96. The highest BCUT2D eigenvalue weighted by molar-refractivity contribution is 9.10. The van der Waals surface area contributed by atoms with Gasteiger partial charge in [0, 0.05) is 9.37 Å². The van der Waals surface area contributed by atoms with Gasteiger partial charge < -0.3 is 5.11 Å². The predicted octanol–water partition coefficient (Wildman–Crippen LogP) is 4.91. The highest BCUT2D eigenvalue weighted by Crippen LogP contribution is 2.35. The molecule has 0 aliphatic heterocycles. The van der Waals surface area contributed by atoms with Gasteiger partial charge in [-0.2, -0.15) is 0 Å². The maximum atomic E-state index is 11.0. The molecule has 3 aromatic rings. The Balaban J connectivity index is 1.90. The first-order chi connectivity index (χ1) is 9.63. The van der Waals surface area contributed by atoms with Crippen molar-refractivity contribution in [3.8, 4) is 0 Å². The Morgan fingerprint density at radius 3 is 2.75 bits per heavy atom. The van der Waals surface area contributed by atoms with Crippen LogP contribution in [0.3, 0.4) is 0 Å². The van der Waals surface area contributed by atoms with Crippen LogP contribution in [-0.4, -0.2) is 16.1 Å². The third-order valence-corrected chi connectivity index (χ3v) is 5.39. The van der Waals surface area contributed by atoms with Crippen LogP contribution in [0.15, 0.2) is 56.2 Å². The van der Waals surface area contributed by atoms with Crippen LogP contribution in [-0.2, 0) is 0 Å². The van der Waals surface area contributed by atoms with E-state index in [9.17, 15) is 4.79 Å². The fraction of sp³-hybridized carbons (Fsp3) is 0. The third-order valence-electron chi connectivity index (χ3n) is 2.65. The molecule has 0 saturated carbocycles. The summed E-state index contributed by atoms with van der Waals surface area (Å²) in [5.74, 6) is -0.937. The van der Waals surface area contributed by atoms with E-state index in [-0.39, 0.29) is 5.56 Å². The fourth-order valence-corrected chi connectivity index (χ4v) is 4.51. The zero-order valence-electron chi connectivity index (χ0n) is 10.0. The number of para-hydroxylation sites is 1. The number of thiazole rings is 1. The normalized spacial score (nSPS) is 10.8. The summed E-state index contributed by atoms with van der Waals surface area (Å²) in [7, 11) is 0. The van der Waals surface area contributed by atoms with Crippen LogP contribution in [0, 0.1) is 0 Å². The Kier molecular flexibility index (Phi) is 3.78. The van der Waals surface area contributed by atoms with Crippen molar-refractivity contribution in [2.45, 2.75) is 9.24 Å². The highest BCUT2D eigenvalue weighted by Gasteiger charge is 2.10. The molecule has 0 spiro atoms. The van der Waals surface area contributed by atoms with Gasteiger partial charge >= 0.3 is 5.97 Å². The summed E-state index contributed by atoms with van der Waals surface area (Å²) >= 11 is 6.45. The lowest BCUT2D eigenvalue weighted by Gasteiger charge is -2.02. The van der Waals surface area contributed by atoms with Crippen LogP contribution in [0.2, 0.25) is 0 Å². The Morgan fingerprint density at radius 2 is 2.05 bits per heavy atom. The SMILES string of the molecule is O=C(O)c1ccc(Sc2nc3ccccc3s2)cc1Br. The number of carboxylic acid groups (broad SMARTS) is 1. The number of benzene rings is 2. The zero-order valence-corrected chi connectivity index (χ0v) is 13.3. The summed E-state index contributed by atoms with van der Waals surface area (Å²) in [6.07, 6.45) is 0. The van der Waals surface area contributed by atoms with Crippen LogP contribution in [0.5, 0.6) is 0 Å². The third kappa shape index (κ3) is 2.72. The van der Waals surface area contributed by atoms with Crippen molar-refractivity contribution in [2.24, 2.45) is 0 Å². The molecule has 3 rings (SSSR count). The monoisotopic (exact) mass is 365 g/mol. The molecule has 3 nitrogen and oxygen atoms in total. The van der Waals surface area contributed by atoms with E-state index >= 15 is 0 Å². The molecule has 0 fully saturated rings. The lowest BCUT2D eigenvalue weighted by atomic mass is 10.2. The first-order valence-electron chi connectivity index (χ1n) is 5.70. The fourth-order valence-electron chi connectivity index (χ4n) is 1.73. The minimum absolute atomic E-state index is 0.263. The van der Waals surface area contributed by atoms with Gasteiger partial charge in [0.2, 0.25) is 0 Å². The average molecular weight is 366 g/mol.